The van der Waals surface area contributed by atoms with Gasteiger partial charge >= 0.3 is 0 Å². The molecule has 1 aliphatic carbocycles. The van der Waals surface area contributed by atoms with Crippen LogP contribution in [-0.4, -0.2) is 22.6 Å². The van der Waals surface area contributed by atoms with Gasteiger partial charge in [-0.1, -0.05) is 0 Å². The van der Waals surface area contributed by atoms with Gasteiger partial charge in [0.1, 0.15) is 11.8 Å². The monoisotopic (exact) mass is 217 g/mol. The number of nitrogens with one attached hydrogen (secondary N) is 1. The minimum atomic E-state index is 0.230. The molecule has 0 amide bonds. The molecule has 1 atom stereocenters. The second kappa shape index (κ2) is 4.45. The molecule has 0 saturated heterocycles. The predicted octanol–water partition coefficient (Wildman–Crippen LogP) is 0.806. The van der Waals surface area contributed by atoms with Crippen molar-refractivity contribution in [3.63, 3.8) is 0 Å². The van der Waals surface area contributed by atoms with Crippen LogP contribution in [0.4, 0.5) is 5.95 Å². The smallest absolute Gasteiger partial charge is 0.224 e. The van der Waals surface area contributed by atoms with Crippen LogP contribution >= 0.6 is 0 Å². The molecule has 1 unspecified atom stereocenters. The molecule has 0 aliphatic heterocycles. The van der Waals surface area contributed by atoms with Gasteiger partial charge in [0, 0.05) is 18.3 Å². The van der Waals surface area contributed by atoms with Gasteiger partial charge in [0.25, 0.3) is 0 Å². The first kappa shape index (κ1) is 10.8. The van der Waals surface area contributed by atoms with E-state index in [2.05, 4.69) is 15.3 Å². The topological polar surface area (TPSA) is 87.6 Å². The highest BCUT2D eigenvalue weighted by atomic mass is 15.1. The highest BCUT2D eigenvalue weighted by Gasteiger charge is 2.30. The van der Waals surface area contributed by atoms with Crippen molar-refractivity contribution in [3.8, 4) is 6.07 Å². The Morgan fingerprint density at radius 3 is 2.94 bits per heavy atom. The number of aryl methyl sites for hydroxylation is 1. The largest absolute Gasteiger partial charge is 0.350 e. The molecule has 0 spiro atoms. The third-order valence-electron chi connectivity index (χ3n) is 2.73. The number of anilines is 1. The van der Waals surface area contributed by atoms with E-state index in [1.165, 1.54) is 12.8 Å². The van der Waals surface area contributed by atoms with E-state index in [0.29, 0.717) is 24.1 Å². The van der Waals surface area contributed by atoms with E-state index >= 15 is 0 Å². The van der Waals surface area contributed by atoms with Crippen molar-refractivity contribution in [2.24, 2.45) is 11.7 Å². The summed E-state index contributed by atoms with van der Waals surface area (Å²) in [5.74, 6) is 1.15. The molecule has 16 heavy (non-hydrogen) atoms. The SMILES string of the molecule is Cc1cc(C#N)nc(NC(CN)C2CC2)n1. The first-order valence-electron chi connectivity index (χ1n) is 5.45. The fraction of sp³-hybridized carbons (Fsp3) is 0.545. The summed E-state index contributed by atoms with van der Waals surface area (Å²) in [6.07, 6.45) is 2.43. The summed E-state index contributed by atoms with van der Waals surface area (Å²) < 4.78 is 0. The minimum absolute atomic E-state index is 0.230. The number of hydrogen-bond donors (Lipinski definition) is 2. The molecular weight excluding hydrogens is 202 g/mol. The Bertz CT molecular complexity index is 419. The van der Waals surface area contributed by atoms with Gasteiger partial charge < -0.3 is 11.1 Å². The molecule has 1 aromatic heterocycles. The summed E-state index contributed by atoms with van der Waals surface area (Å²) in [6.45, 7) is 2.42. The van der Waals surface area contributed by atoms with Gasteiger partial charge in [0.15, 0.2) is 0 Å². The van der Waals surface area contributed by atoms with Gasteiger partial charge in [-0.25, -0.2) is 9.97 Å². The van der Waals surface area contributed by atoms with Crippen molar-refractivity contribution in [3.05, 3.63) is 17.5 Å². The van der Waals surface area contributed by atoms with Crippen molar-refractivity contribution in [2.75, 3.05) is 11.9 Å². The average Bonchev–Trinajstić information content (AvgIpc) is 3.09. The van der Waals surface area contributed by atoms with Crippen molar-refractivity contribution in [1.29, 1.82) is 5.26 Å². The molecule has 1 heterocycles. The average molecular weight is 217 g/mol. The van der Waals surface area contributed by atoms with Crippen LogP contribution in [0.5, 0.6) is 0 Å². The van der Waals surface area contributed by atoms with Gasteiger partial charge in [-0.3, -0.25) is 0 Å². The maximum absolute atomic E-state index is 8.81. The number of aromatic nitrogens is 2. The van der Waals surface area contributed by atoms with Crippen LogP contribution in [0, 0.1) is 24.2 Å². The summed E-state index contributed by atoms with van der Waals surface area (Å²) in [6, 6.07) is 3.92. The second-order valence-corrected chi connectivity index (χ2v) is 4.15. The van der Waals surface area contributed by atoms with Crippen LogP contribution in [0.15, 0.2) is 6.07 Å². The number of nitrogens with zero attached hydrogens (tertiary/aromatic N) is 3. The van der Waals surface area contributed by atoms with E-state index < -0.39 is 0 Å². The fourth-order valence-electron chi connectivity index (χ4n) is 1.72. The van der Waals surface area contributed by atoms with Crippen molar-refractivity contribution in [2.45, 2.75) is 25.8 Å². The Morgan fingerprint density at radius 2 is 2.38 bits per heavy atom. The number of nitriles is 1. The van der Waals surface area contributed by atoms with E-state index in [9.17, 15) is 0 Å². The lowest BCUT2D eigenvalue weighted by Gasteiger charge is -2.15. The fourth-order valence-corrected chi connectivity index (χ4v) is 1.72. The predicted molar refractivity (Wildman–Crippen MR) is 60.7 cm³/mol. The molecule has 1 aromatic rings. The molecule has 1 aliphatic rings. The zero-order valence-corrected chi connectivity index (χ0v) is 9.27. The van der Waals surface area contributed by atoms with E-state index in [1.54, 1.807) is 6.07 Å². The molecule has 0 aromatic carbocycles. The zero-order valence-electron chi connectivity index (χ0n) is 9.27. The van der Waals surface area contributed by atoms with Crippen LogP contribution in [-0.2, 0) is 0 Å². The Kier molecular flexibility index (Phi) is 3.02. The Morgan fingerprint density at radius 1 is 1.62 bits per heavy atom. The lowest BCUT2D eigenvalue weighted by atomic mass is 10.2. The van der Waals surface area contributed by atoms with E-state index in [4.69, 9.17) is 11.0 Å². The normalized spacial score (nSPS) is 16.6. The molecule has 5 nitrogen and oxygen atoms in total. The van der Waals surface area contributed by atoms with Crippen LogP contribution in [0.25, 0.3) is 0 Å². The molecule has 1 saturated carbocycles. The Balaban J connectivity index is 2.13. The lowest BCUT2D eigenvalue weighted by Crippen LogP contribution is -2.31. The van der Waals surface area contributed by atoms with Crippen LogP contribution in [0.3, 0.4) is 0 Å². The maximum atomic E-state index is 8.81. The molecule has 2 rings (SSSR count). The minimum Gasteiger partial charge on any atom is -0.350 e. The van der Waals surface area contributed by atoms with Crippen LogP contribution in [0.2, 0.25) is 0 Å². The van der Waals surface area contributed by atoms with E-state index in [0.717, 1.165) is 5.69 Å². The van der Waals surface area contributed by atoms with Gasteiger partial charge in [0.2, 0.25) is 5.95 Å². The number of rotatable bonds is 4. The first-order valence-corrected chi connectivity index (χ1v) is 5.45. The van der Waals surface area contributed by atoms with Gasteiger partial charge in [-0.05, 0) is 31.7 Å². The summed E-state index contributed by atoms with van der Waals surface area (Å²) >= 11 is 0. The van der Waals surface area contributed by atoms with Gasteiger partial charge in [0.05, 0.1) is 0 Å². The standard InChI is InChI=1S/C11H15N5/c1-7-4-9(5-12)15-11(14-7)16-10(6-13)8-2-3-8/h4,8,10H,2-3,6,13H2,1H3,(H,14,15,16). The molecule has 0 bridgehead atoms. The lowest BCUT2D eigenvalue weighted by molar-refractivity contribution is 0.638. The van der Waals surface area contributed by atoms with E-state index in [-0.39, 0.29) is 6.04 Å². The third kappa shape index (κ3) is 2.47. The summed E-state index contributed by atoms with van der Waals surface area (Å²) in [5.41, 5.74) is 6.87. The first-order chi connectivity index (χ1) is 7.72. The van der Waals surface area contributed by atoms with E-state index in [1.807, 2.05) is 13.0 Å². The second-order valence-electron chi connectivity index (χ2n) is 4.15. The van der Waals surface area contributed by atoms with Crippen molar-refractivity contribution in [1.82, 2.24) is 9.97 Å². The van der Waals surface area contributed by atoms with Crippen LogP contribution < -0.4 is 11.1 Å². The highest BCUT2D eigenvalue weighted by Crippen LogP contribution is 2.33. The summed E-state index contributed by atoms with van der Waals surface area (Å²) in [5, 5.41) is 12.0. The molecule has 0 radical (unpaired) electrons. The molecular formula is C11H15N5. The summed E-state index contributed by atoms with van der Waals surface area (Å²) in [7, 11) is 0. The van der Waals surface area contributed by atoms with Crippen LogP contribution in [0.1, 0.15) is 24.2 Å². The van der Waals surface area contributed by atoms with Gasteiger partial charge in [-0.2, -0.15) is 5.26 Å². The Hall–Kier alpha value is -1.67. The highest BCUT2D eigenvalue weighted by molar-refractivity contribution is 5.34. The van der Waals surface area contributed by atoms with Crippen molar-refractivity contribution < 1.29 is 0 Å². The van der Waals surface area contributed by atoms with Crippen molar-refractivity contribution >= 4 is 5.95 Å². The van der Waals surface area contributed by atoms with Gasteiger partial charge in [-0.15, -0.1) is 0 Å². The molecule has 5 heteroatoms. The Labute approximate surface area is 94.7 Å². The molecule has 1 fully saturated rings. The third-order valence-corrected chi connectivity index (χ3v) is 2.73. The maximum Gasteiger partial charge on any atom is 0.224 e. The quantitative estimate of drug-likeness (QED) is 0.779. The zero-order chi connectivity index (χ0) is 11.5. The summed E-state index contributed by atoms with van der Waals surface area (Å²) in [4.78, 5) is 8.36. The molecule has 84 valence electrons. The number of hydrogen-bond acceptors (Lipinski definition) is 5. The number of nitrogens with two attached hydrogens (primary N) is 1. The molecule has 3 N–H and O–H groups in total.